The third kappa shape index (κ3) is 3.23. The molecule has 7 heteroatoms. The average molecular weight is 314 g/mol. The minimum atomic E-state index is -1.08. The minimum absolute atomic E-state index is 0.164. The topological polar surface area (TPSA) is 97.1 Å². The van der Waals surface area contributed by atoms with Crippen LogP contribution in [0.5, 0.6) is 0 Å². The van der Waals surface area contributed by atoms with E-state index in [1.807, 2.05) is 24.3 Å². The van der Waals surface area contributed by atoms with E-state index in [1.165, 1.54) is 0 Å². The van der Waals surface area contributed by atoms with Crippen LogP contribution in [0.15, 0.2) is 36.9 Å². The minimum Gasteiger partial charge on any atom is -0.480 e. The third-order valence-electron chi connectivity index (χ3n) is 4.26. The molecule has 0 radical (unpaired) electrons. The molecule has 2 aromatic rings. The summed E-state index contributed by atoms with van der Waals surface area (Å²) < 4.78 is 1.77. The fraction of sp³-hybridized carbons (Fsp3) is 0.375. The molecule has 0 spiro atoms. The van der Waals surface area contributed by atoms with Gasteiger partial charge in [-0.05, 0) is 30.5 Å². The molecule has 2 N–H and O–H groups in total. The maximum atomic E-state index is 12.2. The molecule has 1 fully saturated rings. The molecule has 1 heterocycles. The molecule has 0 bridgehead atoms. The number of amides is 1. The Hall–Kier alpha value is -2.70. The highest BCUT2D eigenvalue weighted by atomic mass is 16.4. The number of benzene rings is 1. The summed E-state index contributed by atoms with van der Waals surface area (Å²) in [4.78, 5) is 23.7. The van der Waals surface area contributed by atoms with Gasteiger partial charge in [-0.3, -0.25) is 9.36 Å². The summed E-state index contributed by atoms with van der Waals surface area (Å²) in [6, 6.07) is 7.43. The molecule has 1 aliphatic rings. The quantitative estimate of drug-likeness (QED) is 0.867. The van der Waals surface area contributed by atoms with Crippen LogP contribution in [0.4, 0.5) is 0 Å². The van der Waals surface area contributed by atoms with Crippen LogP contribution in [0, 0.1) is 0 Å². The average Bonchev–Trinajstić information content (AvgIpc) is 3.20. The van der Waals surface area contributed by atoms with Crippen molar-refractivity contribution in [3.8, 4) is 5.69 Å². The van der Waals surface area contributed by atoms with E-state index >= 15 is 0 Å². The predicted molar refractivity (Wildman–Crippen MR) is 82.0 cm³/mol. The molecule has 120 valence electrons. The predicted octanol–water partition coefficient (Wildman–Crippen LogP) is 1.32. The van der Waals surface area contributed by atoms with Gasteiger partial charge in [-0.1, -0.05) is 25.0 Å². The van der Waals surface area contributed by atoms with Gasteiger partial charge < -0.3 is 10.4 Å². The zero-order valence-corrected chi connectivity index (χ0v) is 12.6. The number of carboxylic acids is 1. The van der Waals surface area contributed by atoms with Gasteiger partial charge in [0.05, 0.1) is 6.42 Å². The first kappa shape index (κ1) is 15.2. The Balaban J connectivity index is 1.65. The number of nitrogens with one attached hydrogen (secondary N) is 1. The molecule has 0 aliphatic heterocycles. The van der Waals surface area contributed by atoms with Crippen molar-refractivity contribution >= 4 is 11.9 Å². The van der Waals surface area contributed by atoms with Crippen LogP contribution in [0.3, 0.4) is 0 Å². The summed E-state index contributed by atoms with van der Waals surface area (Å²) in [5.41, 5.74) is 0.647. The first-order valence-corrected chi connectivity index (χ1v) is 7.57. The summed E-state index contributed by atoms with van der Waals surface area (Å²) in [7, 11) is 0. The Kier molecular flexibility index (Phi) is 4.10. The molecule has 1 aliphatic carbocycles. The summed E-state index contributed by atoms with van der Waals surface area (Å²) in [6.45, 7) is 0. The molecule has 1 amide bonds. The highest BCUT2D eigenvalue weighted by Gasteiger charge is 2.42. The van der Waals surface area contributed by atoms with Crippen molar-refractivity contribution in [2.45, 2.75) is 37.6 Å². The van der Waals surface area contributed by atoms with Gasteiger partial charge in [-0.15, -0.1) is 10.2 Å². The first-order valence-electron chi connectivity index (χ1n) is 7.57. The monoisotopic (exact) mass is 314 g/mol. The van der Waals surface area contributed by atoms with Gasteiger partial charge >= 0.3 is 5.97 Å². The second kappa shape index (κ2) is 6.20. The zero-order chi connectivity index (χ0) is 16.3. The van der Waals surface area contributed by atoms with Crippen molar-refractivity contribution in [1.29, 1.82) is 0 Å². The van der Waals surface area contributed by atoms with Crippen molar-refractivity contribution in [2.24, 2.45) is 0 Å². The van der Waals surface area contributed by atoms with E-state index in [0.29, 0.717) is 12.8 Å². The smallest absolute Gasteiger partial charge is 0.329 e. The number of carbonyl (C=O) groups is 2. The highest BCUT2D eigenvalue weighted by molar-refractivity contribution is 5.88. The van der Waals surface area contributed by atoms with Crippen LogP contribution < -0.4 is 5.32 Å². The van der Waals surface area contributed by atoms with Crippen LogP contribution in [-0.2, 0) is 16.0 Å². The van der Waals surface area contributed by atoms with Crippen molar-refractivity contribution in [1.82, 2.24) is 20.1 Å². The van der Waals surface area contributed by atoms with Crippen LogP contribution in [0.1, 0.15) is 31.2 Å². The van der Waals surface area contributed by atoms with Crippen molar-refractivity contribution in [3.05, 3.63) is 42.5 Å². The SMILES string of the molecule is O=C(Cc1ccc(-n2cnnc2)cc1)NC1(C(=O)O)CCCC1. The molecule has 0 atom stereocenters. The standard InChI is InChI=1S/C16H18N4O3/c21-14(19-16(15(22)23)7-1-2-8-16)9-12-3-5-13(6-4-12)20-10-17-18-11-20/h3-6,10-11H,1-2,7-9H2,(H,19,21)(H,22,23). The number of rotatable bonds is 5. The number of hydrogen-bond acceptors (Lipinski definition) is 4. The molecule has 1 aromatic carbocycles. The van der Waals surface area contributed by atoms with E-state index in [-0.39, 0.29) is 12.3 Å². The number of aliphatic carboxylic acids is 1. The summed E-state index contributed by atoms with van der Waals surface area (Å²) in [5, 5.41) is 19.6. The van der Waals surface area contributed by atoms with E-state index in [4.69, 9.17) is 0 Å². The fourth-order valence-corrected chi connectivity index (χ4v) is 2.99. The van der Waals surface area contributed by atoms with Crippen molar-refractivity contribution < 1.29 is 14.7 Å². The molecule has 1 aromatic heterocycles. The van der Waals surface area contributed by atoms with E-state index < -0.39 is 11.5 Å². The van der Waals surface area contributed by atoms with Gasteiger partial charge in [-0.2, -0.15) is 0 Å². The van der Waals surface area contributed by atoms with E-state index in [1.54, 1.807) is 17.2 Å². The maximum Gasteiger partial charge on any atom is 0.329 e. The lowest BCUT2D eigenvalue weighted by atomic mass is 9.97. The Labute approximate surface area is 133 Å². The van der Waals surface area contributed by atoms with Crippen LogP contribution in [-0.4, -0.2) is 37.3 Å². The van der Waals surface area contributed by atoms with Gasteiger partial charge in [0.25, 0.3) is 0 Å². The molecule has 3 rings (SSSR count). The second-order valence-corrected chi connectivity index (χ2v) is 5.85. The summed E-state index contributed by atoms with van der Waals surface area (Å²) in [6.07, 6.45) is 6.02. The lowest BCUT2D eigenvalue weighted by Crippen LogP contribution is -2.52. The number of hydrogen-bond donors (Lipinski definition) is 2. The number of carbonyl (C=O) groups excluding carboxylic acids is 1. The van der Waals surface area contributed by atoms with E-state index in [0.717, 1.165) is 24.1 Å². The zero-order valence-electron chi connectivity index (χ0n) is 12.6. The van der Waals surface area contributed by atoms with Crippen molar-refractivity contribution in [3.63, 3.8) is 0 Å². The molecule has 1 saturated carbocycles. The highest BCUT2D eigenvalue weighted by Crippen LogP contribution is 2.30. The number of aromatic nitrogens is 3. The molecular formula is C16H18N4O3. The van der Waals surface area contributed by atoms with Gasteiger partial charge in [-0.25, -0.2) is 4.79 Å². The molecule has 7 nitrogen and oxygen atoms in total. The van der Waals surface area contributed by atoms with Gasteiger partial charge in [0, 0.05) is 5.69 Å². The lowest BCUT2D eigenvalue weighted by Gasteiger charge is -2.25. The Morgan fingerprint density at radius 2 is 1.74 bits per heavy atom. The Bertz CT molecular complexity index is 689. The van der Waals surface area contributed by atoms with Crippen LogP contribution in [0.2, 0.25) is 0 Å². The molecule has 23 heavy (non-hydrogen) atoms. The van der Waals surface area contributed by atoms with Crippen LogP contribution in [0.25, 0.3) is 5.69 Å². The molecule has 0 saturated heterocycles. The molecular weight excluding hydrogens is 296 g/mol. The largest absolute Gasteiger partial charge is 0.480 e. The Morgan fingerprint density at radius 1 is 1.13 bits per heavy atom. The molecule has 0 unspecified atom stereocenters. The van der Waals surface area contributed by atoms with Crippen LogP contribution >= 0.6 is 0 Å². The number of carboxylic acid groups (broad SMARTS) is 1. The van der Waals surface area contributed by atoms with Gasteiger partial charge in [0.1, 0.15) is 18.2 Å². The van der Waals surface area contributed by atoms with Gasteiger partial charge in [0.15, 0.2) is 0 Å². The lowest BCUT2D eigenvalue weighted by molar-refractivity contribution is -0.147. The number of nitrogens with zero attached hydrogens (tertiary/aromatic N) is 3. The van der Waals surface area contributed by atoms with Gasteiger partial charge in [0.2, 0.25) is 5.91 Å². The maximum absolute atomic E-state index is 12.2. The van der Waals surface area contributed by atoms with Crippen molar-refractivity contribution in [2.75, 3.05) is 0 Å². The second-order valence-electron chi connectivity index (χ2n) is 5.85. The normalized spacial score (nSPS) is 16.2. The summed E-state index contributed by atoms with van der Waals surface area (Å²) in [5.74, 6) is -1.20. The van der Waals surface area contributed by atoms with E-state index in [9.17, 15) is 14.7 Å². The third-order valence-corrected chi connectivity index (χ3v) is 4.26. The first-order chi connectivity index (χ1) is 11.1. The Morgan fingerprint density at radius 3 is 2.30 bits per heavy atom. The van der Waals surface area contributed by atoms with E-state index in [2.05, 4.69) is 15.5 Å². The summed E-state index contributed by atoms with van der Waals surface area (Å²) >= 11 is 0. The fourth-order valence-electron chi connectivity index (χ4n) is 2.99.